The second kappa shape index (κ2) is 3.08. The van der Waals surface area contributed by atoms with Gasteiger partial charge in [0, 0.05) is 0 Å². The second-order valence-electron chi connectivity index (χ2n) is 3.39. The van der Waals surface area contributed by atoms with E-state index in [2.05, 4.69) is 24.3 Å². The average Bonchev–Trinajstić information content (AvgIpc) is 1.99. The Kier molecular flexibility index (Phi) is 1.93. The van der Waals surface area contributed by atoms with Crippen LogP contribution in [0.2, 0.25) is 0 Å². The van der Waals surface area contributed by atoms with E-state index in [1.54, 1.807) is 5.57 Å². The van der Waals surface area contributed by atoms with Crippen LogP contribution in [0.1, 0.15) is 32.1 Å². The second-order valence-corrected chi connectivity index (χ2v) is 3.39. The molecular formula is C11H14. The highest BCUT2D eigenvalue weighted by Crippen LogP contribution is 2.29. The van der Waals surface area contributed by atoms with Crippen LogP contribution in [-0.2, 0) is 0 Å². The molecule has 0 aromatic rings. The fourth-order valence-corrected chi connectivity index (χ4v) is 1.67. The summed E-state index contributed by atoms with van der Waals surface area (Å²) in [6.45, 7) is 0. The van der Waals surface area contributed by atoms with Crippen LogP contribution in [0, 0.1) is 0 Å². The Morgan fingerprint density at radius 1 is 1.18 bits per heavy atom. The van der Waals surface area contributed by atoms with E-state index >= 15 is 0 Å². The number of allylic oxidation sites excluding steroid dienone is 6. The summed E-state index contributed by atoms with van der Waals surface area (Å²) in [5, 5.41) is 0. The smallest absolute Gasteiger partial charge is 0.00639 e. The number of rotatable bonds is 0. The number of hydrogen-bond donors (Lipinski definition) is 0. The van der Waals surface area contributed by atoms with Crippen molar-refractivity contribution < 1.29 is 0 Å². The van der Waals surface area contributed by atoms with Crippen molar-refractivity contribution in [2.45, 2.75) is 32.1 Å². The zero-order valence-electron chi connectivity index (χ0n) is 6.84. The third kappa shape index (κ3) is 1.62. The van der Waals surface area contributed by atoms with E-state index in [0.717, 1.165) is 0 Å². The third-order valence-electron chi connectivity index (χ3n) is 2.39. The first kappa shape index (κ1) is 6.90. The molecule has 0 nitrogen and oxygen atoms in total. The summed E-state index contributed by atoms with van der Waals surface area (Å²) in [5.41, 5.74) is 3.17. The van der Waals surface area contributed by atoms with Crippen molar-refractivity contribution in [1.82, 2.24) is 0 Å². The van der Waals surface area contributed by atoms with Gasteiger partial charge in [0.25, 0.3) is 0 Å². The summed E-state index contributed by atoms with van der Waals surface area (Å²) in [4.78, 5) is 0. The fraction of sp³-hybridized carbons (Fsp3) is 0.455. The summed E-state index contributed by atoms with van der Waals surface area (Å²) in [6, 6.07) is 0. The van der Waals surface area contributed by atoms with E-state index in [1.165, 1.54) is 37.7 Å². The van der Waals surface area contributed by atoms with Crippen LogP contribution in [0.3, 0.4) is 0 Å². The Labute approximate surface area is 68.3 Å². The van der Waals surface area contributed by atoms with Gasteiger partial charge in [0.15, 0.2) is 0 Å². The molecular weight excluding hydrogens is 132 g/mol. The van der Waals surface area contributed by atoms with Crippen LogP contribution in [-0.4, -0.2) is 0 Å². The lowest BCUT2D eigenvalue weighted by molar-refractivity contribution is 0.718. The van der Waals surface area contributed by atoms with Crippen molar-refractivity contribution in [2.75, 3.05) is 0 Å². The van der Waals surface area contributed by atoms with Gasteiger partial charge in [-0.1, -0.05) is 29.9 Å². The van der Waals surface area contributed by atoms with Crippen molar-refractivity contribution in [3.8, 4) is 0 Å². The van der Waals surface area contributed by atoms with Crippen molar-refractivity contribution in [2.24, 2.45) is 0 Å². The zero-order valence-corrected chi connectivity index (χ0v) is 6.84. The molecule has 3 rings (SSSR count). The highest BCUT2D eigenvalue weighted by Gasteiger charge is 2.10. The highest BCUT2D eigenvalue weighted by molar-refractivity contribution is 5.40. The monoisotopic (exact) mass is 146 g/mol. The Morgan fingerprint density at radius 2 is 2.09 bits per heavy atom. The van der Waals surface area contributed by atoms with Gasteiger partial charge in [0.05, 0.1) is 0 Å². The van der Waals surface area contributed by atoms with Crippen LogP contribution in [0.5, 0.6) is 0 Å². The highest BCUT2D eigenvalue weighted by atomic mass is 14.2. The van der Waals surface area contributed by atoms with Crippen molar-refractivity contribution in [1.29, 1.82) is 0 Å². The molecule has 0 fully saturated rings. The molecule has 0 aromatic carbocycles. The van der Waals surface area contributed by atoms with E-state index in [0.29, 0.717) is 0 Å². The molecule has 0 saturated carbocycles. The minimum atomic E-state index is 1.25. The standard InChI is InChI=1S/C11H14/c1-2-4-6-10-8-11(9-10)7-5-3-1/h2,4,6,8H,1,3,5,7,9H2/b4-2+,10-6-. The topological polar surface area (TPSA) is 0 Å². The lowest BCUT2D eigenvalue weighted by atomic mass is 9.88. The summed E-state index contributed by atoms with van der Waals surface area (Å²) in [7, 11) is 0. The summed E-state index contributed by atoms with van der Waals surface area (Å²) >= 11 is 0. The first-order valence-corrected chi connectivity index (χ1v) is 4.50. The van der Waals surface area contributed by atoms with E-state index in [1.807, 2.05) is 0 Å². The molecule has 58 valence electrons. The molecule has 0 saturated heterocycles. The Morgan fingerprint density at radius 3 is 3.00 bits per heavy atom. The fourth-order valence-electron chi connectivity index (χ4n) is 1.67. The van der Waals surface area contributed by atoms with Gasteiger partial charge in [0.1, 0.15) is 0 Å². The molecule has 0 aliphatic heterocycles. The van der Waals surface area contributed by atoms with Crippen LogP contribution in [0.15, 0.2) is 35.5 Å². The maximum atomic E-state index is 2.34. The van der Waals surface area contributed by atoms with Crippen LogP contribution < -0.4 is 0 Å². The van der Waals surface area contributed by atoms with E-state index in [4.69, 9.17) is 0 Å². The molecule has 0 heteroatoms. The predicted molar refractivity (Wildman–Crippen MR) is 48.4 cm³/mol. The molecule has 0 heterocycles. The third-order valence-corrected chi connectivity index (χ3v) is 2.39. The van der Waals surface area contributed by atoms with Gasteiger partial charge in [-0.3, -0.25) is 0 Å². The molecule has 11 heavy (non-hydrogen) atoms. The molecule has 0 aromatic heterocycles. The van der Waals surface area contributed by atoms with Crippen LogP contribution in [0.4, 0.5) is 0 Å². The van der Waals surface area contributed by atoms with Crippen molar-refractivity contribution >= 4 is 0 Å². The number of fused-ring (bicyclic) bond motifs is 5. The first-order valence-electron chi connectivity index (χ1n) is 4.50. The summed E-state index contributed by atoms with van der Waals surface area (Å²) in [6.07, 6.45) is 15.7. The van der Waals surface area contributed by atoms with Gasteiger partial charge in [-0.25, -0.2) is 0 Å². The SMILES string of the molecule is C1=C2CCCC/C=C/C=C/1C2. The molecule has 0 amide bonds. The normalized spacial score (nSPS) is 30.9. The Balaban J connectivity index is 2.09. The van der Waals surface area contributed by atoms with Gasteiger partial charge in [0.2, 0.25) is 0 Å². The van der Waals surface area contributed by atoms with Crippen molar-refractivity contribution in [3.05, 3.63) is 35.5 Å². The molecule has 0 atom stereocenters. The van der Waals surface area contributed by atoms with E-state index in [-0.39, 0.29) is 0 Å². The largest absolute Gasteiger partial charge is 0.0845 e. The van der Waals surface area contributed by atoms with Crippen LogP contribution in [0.25, 0.3) is 0 Å². The van der Waals surface area contributed by atoms with Gasteiger partial charge in [-0.15, -0.1) is 0 Å². The molecule has 3 aliphatic rings. The molecule has 3 aliphatic carbocycles. The molecule has 0 N–H and O–H groups in total. The first-order chi connectivity index (χ1) is 5.45. The molecule has 0 unspecified atom stereocenters. The Bertz CT molecular complexity index is 228. The molecule has 2 bridgehead atoms. The zero-order chi connectivity index (χ0) is 7.52. The maximum absolute atomic E-state index is 2.34. The van der Waals surface area contributed by atoms with Gasteiger partial charge >= 0.3 is 0 Å². The van der Waals surface area contributed by atoms with Gasteiger partial charge in [-0.05, 0) is 37.7 Å². The van der Waals surface area contributed by atoms with Crippen LogP contribution >= 0.6 is 0 Å². The molecule has 0 radical (unpaired) electrons. The number of hydrogen-bond acceptors (Lipinski definition) is 0. The van der Waals surface area contributed by atoms with Gasteiger partial charge < -0.3 is 0 Å². The Hall–Kier alpha value is -0.780. The lowest BCUT2D eigenvalue weighted by Gasteiger charge is -2.18. The minimum absolute atomic E-state index is 1.25. The predicted octanol–water partition coefficient (Wildman–Crippen LogP) is 3.37. The summed E-state index contributed by atoms with van der Waals surface area (Å²) < 4.78 is 0. The van der Waals surface area contributed by atoms with Crippen molar-refractivity contribution in [3.63, 3.8) is 0 Å². The van der Waals surface area contributed by atoms with Gasteiger partial charge in [-0.2, -0.15) is 0 Å². The van der Waals surface area contributed by atoms with E-state index < -0.39 is 0 Å². The summed E-state index contributed by atoms with van der Waals surface area (Å²) in [5.74, 6) is 0. The maximum Gasteiger partial charge on any atom is -0.00639 e. The average molecular weight is 146 g/mol. The minimum Gasteiger partial charge on any atom is -0.0845 e. The lowest BCUT2D eigenvalue weighted by Crippen LogP contribution is -1.98. The quantitative estimate of drug-likeness (QED) is 0.491. The van der Waals surface area contributed by atoms with E-state index in [9.17, 15) is 0 Å². The molecule has 0 spiro atoms.